The number of aromatic nitrogens is 1. The molecule has 0 saturated heterocycles. The summed E-state index contributed by atoms with van der Waals surface area (Å²) in [5.41, 5.74) is 0. The first-order valence-electron chi connectivity index (χ1n) is 6.38. The molecule has 2 N–H and O–H groups in total. The molecule has 0 spiro atoms. The molecule has 0 radical (unpaired) electrons. The SMILES string of the molecule is O=S(=O)(NC1CCCCC1CO)c1cc(Br)cnc1Cl. The minimum absolute atomic E-state index is 0.0162. The van der Waals surface area contributed by atoms with Gasteiger partial charge in [-0.3, -0.25) is 0 Å². The summed E-state index contributed by atoms with van der Waals surface area (Å²) in [7, 11) is -3.74. The Kier molecular flexibility index (Phi) is 5.42. The highest BCUT2D eigenvalue weighted by Gasteiger charge is 2.30. The van der Waals surface area contributed by atoms with Crippen molar-refractivity contribution < 1.29 is 13.5 Å². The largest absolute Gasteiger partial charge is 0.396 e. The van der Waals surface area contributed by atoms with Crippen LogP contribution in [0.5, 0.6) is 0 Å². The van der Waals surface area contributed by atoms with Crippen LogP contribution in [-0.2, 0) is 10.0 Å². The van der Waals surface area contributed by atoms with Gasteiger partial charge in [-0.1, -0.05) is 24.4 Å². The predicted molar refractivity (Wildman–Crippen MR) is 80.1 cm³/mol. The molecule has 0 aromatic carbocycles. The first-order chi connectivity index (χ1) is 9.44. The second-order valence-electron chi connectivity index (χ2n) is 4.90. The number of nitrogens with one attached hydrogen (secondary N) is 1. The van der Waals surface area contributed by atoms with E-state index in [1.807, 2.05) is 0 Å². The summed E-state index contributed by atoms with van der Waals surface area (Å²) in [4.78, 5) is 3.78. The number of halogens is 2. The fourth-order valence-corrected chi connectivity index (χ4v) is 4.72. The molecular weight excluding hydrogens is 368 g/mol. The number of sulfonamides is 1. The van der Waals surface area contributed by atoms with Crippen molar-refractivity contribution in [3.63, 3.8) is 0 Å². The smallest absolute Gasteiger partial charge is 0.243 e. The predicted octanol–water partition coefficient (Wildman–Crippen LogP) is 2.33. The lowest BCUT2D eigenvalue weighted by molar-refractivity contribution is 0.164. The van der Waals surface area contributed by atoms with E-state index in [2.05, 4.69) is 25.6 Å². The molecule has 1 aromatic rings. The van der Waals surface area contributed by atoms with Crippen LogP contribution in [0.15, 0.2) is 21.6 Å². The van der Waals surface area contributed by atoms with Crippen LogP contribution in [0.3, 0.4) is 0 Å². The third-order valence-electron chi connectivity index (χ3n) is 3.51. The van der Waals surface area contributed by atoms with Crippen LogP contribution in [-0.4, -0.2) is 31.2 Å². The summed E-state index contributed by atoms with van der Waals surface area (Å²) in [5.74, 6) is -0.0441. The van der Waals surface area contributed by atoms with Gasteiger partial charge in [-0.15, -0.1) is 0 Å². The fourth-order valence-electron chi connectivity index (χ4n) is 2.44. The van der Waals surface area contributed by atoms with Gasteiger partial charge in [0.2, 0.25) is 10.0 Å². The lowest BCUT2D eigenvalue weighted by Crippen LogP contribution is -2.43. The van der Waals surface area contributed by atoms with E-state index in [1.165, 1.54) is 12.3 Å². The number of rotatable bonds is 4. The van der Waals surface area contributed by atoms with Gasteiger partial charge in [0.1, 0.15) is 10.0 Å². The van der Waals surface area contributed by atoms with Crippen LogP contribution in [0.25, 0.3) is 0 Å². The van der Waals surface area contributed by atoms with Gasteiger partial charge in [0, 0.05) is 23.3 Å². The second kappa shape index (κ2) is 6.70. The van der Waals surface area contributed by atoms with Gasteiger partial charge >= 0.3 is 0 Å². The molecule has 2 unspecified atom stereocenters. The van der Waals surface area contributed by atoms with Crippen molar-refractivity contribution in [3.05, 3.63) is 21.9 Å². The Labute approximate surface area is 131 Å². The van der Waals surface area contributed by atoms with Gasteiger partial charge in [0.15, 0.2) is 0 Å². The van der Waals surface area contributed by atoms with E-state index in [0.29, 0.717) is 4.47 Å². The molecule has 20 heavy (non-hydrogen) atoms. The maximum atomic E-state index is 12.4. The molecule has 8 heteroatoms. The van der Waals surface area contributed by atoms with Crippen LogP contribution in [0.1, 0.15) is 25.7 Å². The highest BCUT2D eigenvalue weighted by molar-refractivity contribution is 9.10. The quantitative estimate of drug-likeness (QED) is 0.782. The number of aliphatic hydroxyl groups excluding tert-OH is 1. The number of hydrogen-bond donors (Lipinski definition) is 2. The summed E-state index contributed by atoms with van der Waals surface area (Å²) in [5, 5.41) is 9.29. The van der Waals surface area contributed by atoms with E-state index in [4.69, 9.17) is 11.6 Å². The maximum Gasteiger partial charge on any atom is 0.243 e. The highest BCUT2D eigenvalue weighted by atomic mass is 79.9. The molecule has 2 atom stereocenters. The van der Waals surface area contributed by atoms with Crippen LogP contribution in [0.4, 0.5) is 0 Å². The summed E-state index contributed by atoms with van der Waals surface area (Å²) < 4.78 is 28.0. The van der Waals surface area contributed by atoms with E-state index in [1.54, 1.807) is 0 Å². The van der Waals surface area contributed by atoms with Crippen LogP contribution in [0, 0.1) is 5.92 Å². The highest BCUT2D eigenvalue weighted by Crippen LogP contribution is 2.27. The van der Waals surface area contributed by atoms with Gasteiger partial charge in [0.05, 0.1) is 0 Å². The standard InChI is InChI=1S/C12H16BrClN2O3S/c13-9-5-11(12(14)15-6-9)20(18,19)16-10-4-2-1-3-8(10)7-17/h5-6,8,10,16-17H,1-4,7H2. The Morgan fingerprint density at radius 3 is 2.85 bits per heavy atom. The monoisotopic (exact) mass is 382 g/mol. The van der Waals surface area contributed by atoms with Gasteiger partial charge in [-0.25, -0.2) is 18.1 Å². The number of hydrogen-bond acceptors (Lipinski definition) is 4. The van der Waals surface area contributed by atoms with Crippen molar-refractivity contribution in [1.29, 1.82) is 0 Å². The lowest BCUT2D eigenvalue weighted by Gasteiger charge is -2.30. The Hall–Kier alpha value is -0.210. The third kappa shape index (κ3) is 3.71. The van der Waals surface area contributed by atoms with Crippen molar-refractivity contribution in [2.24, 2.45) is 5.92 Å². The Bertz CT molecular complexity index is 582. The molecule has 112 valence electrons. The maximum absolute atomic E-state index is 12.4. The Balaban J connectivity index is 2.24. The topological polar surface area (TPSA) is 79.3 Å². The molecule has 1 heterocycles. The van der Waals surface area contributed by atoms with Gasteiger partial charge in [-0.2, -0.15) is 0 Å². The molecule has 1 saturated carbocycles. The summed E-state index contributed by atoms with van der Waals surface area (Å²) in [6.45, 7) is -0.0162. The van der Waals surface area contributed by atoms with E-state index < -0.39 is 10.0 Å². The molecule has 1 fully saturated rings. The third-order valence-corrected chi connectivity index (χ3v) is 5.86. The molecule has 5 nitrogen and oxygen atoms in total. The average Bonchev–Trinajstić information content (AvgIpc) is 2.41. The van der Waals surface area contributed by atoms with Gasteiger partial charge in [-0.05, 0) is 40.8 Å². The number of aliphatic hydroxyl groups is 1. The van der Waals surface area contributed by atoms with E-state index in [0.717, 1.165) is 25.7 Å². The van der Waals surface area contributed by atoms with Crippen molar-refractivity contribution in [3.8, 4) is 0 Å². The molecule has 0 bridgehead atoms. The molecule has 1 aliphatic rings. The summed E-state index contributed by atoms with van der Waals surface area (Å²) >= 11 is 9.05. The van der Waals surface area contributed by atoms with Crippen molar-refractivity contribution in [2.45, 2.75) is 36.6 Å². The zero-order valence-corrected chi connectivity index (χ0v) is 13.9. The molecule has 0 amide bonds. The summed E-state index contributed by atoms with van der Waals surface area (Å²) in [6, 6.07) is 1.17. The van der Waals surface area contributed by atoms with Crippen molar-refractivity contribution in [2.75, 3.05) is 6.61 Å². The van der Waals surface area contributed by atoms with Crippen molar-refractivity contribution in [1.82, 2.24) is 9.71 Å². The first-order valence-corrected chi connectivity index (χ1v) is 9.03. The lowest BCUT2D eigenvalue weighted by atomic mass is 9.86. The average molecular weight is 384 g/mol. The van der Waals surface area contributed by atoms with Crippen molar-refractivity contribution >= 4 is 37.6 Å². The Morgan fingerprint density at radius 2 is 2.15 bits per heavy atom. The van der Waals surface area contributed by atoms with E-state index in [9.17, 15) is 13.5 Å². The van der Waals surface area contributed by atoms with Gasteiger partial charge < -0.3 is 5.11 Å². The Morgan fingerprint density at radius 1 is 1.45 bits per heavy atom. The van der Waals surface area contributed by atoms with Crippen LogP contribution < -0.4 is 4.72 Å². The molecule has 1 aliphatic carbocycles. The van der Waals surface area contributed by atoms with E-state index >= 15 is 0 Å². The molecule has 2 rings (SSSR count). The first kappa shape index (κ1) is 16.2. The zero-order valence-electron chi connectivity index (χ0n) is 10.7. The molecular formula is C12H16BrClN2O3S. The van der Waals surface area contributed by atoms with Crippen LogP contribution in [0.2, 0.25) is 5.15 Å². The number of pyridine rings is 1. The van der Waals surface area contributed by atoms with Gasteiger partial charge in [0.25, 0.3) is 0 Å². The second-order valence-corrected chi connectivity index (χ2v) is 7.85. The van der Waals surface area contributed by atoms with Crippen LogP contribution >= 0.6 is 27.5 Å². The fraction of sp³-hybridized carbons (Fsp3) is 0.583. The molecule has 0 aliphatic heterocycles. The summed E-state index contributed by atoms with van der Waals surface area (Å²) in [6.07, 6.45) is 4.97. The number of nitrogens with zero attached hydrogens (tertiary/aromatic N) is 1. The molecule has 1 aromatic heterocycles. The zero-order chi connectivity index (χ0) is 14.8. The van der Waals surface area contributed by atoms with E-state index in [-0.39, 0.29) is 28.6 Å². The normalized spacial score (nSPS) is 23.8. The minimum atomic E-state index is -3.74. The minimum Gasteiger partial charge on any atom is -0.396 e.